The van der Waals surface area contributed by atoms with E-state index >= 15 is 0 Å². The highest BCUT2D eigenvalue weighted by molar-refractivity contribution is 7.89. The number of rotatable bonds is 5. The highest BCUT2D eigenvalue weighted by atomic mass is 32.2. The smallest absolute Gasteiger partial charge is 0.246 e. The zero-order valence-electron chi connectivity index (χ0n) is 18.3. The molecule has 4 rings (SSSR count). The number of nitrogens with one attached hydrogen (secondary N) is 1. The molecule has 1 aromatic heterocycles. The third-order valence-corrected chi connectivity index (χ3v) is 7.65. The van der Waals surface area contributed by atoms with Gasteiger partial charge in [0, 0.05) is 24.7 Å². The quantitative estimate of drug-likeness (QED) is 0.610. The fraction of sp³-hybridized carbons (Fsp3) is 0.304. The molecule has 33 heavy (non-hydrogen) atoms. The first-order chi connectivity index (χ1) is 15.7. The minimum atomic E-state index is -4.19. The maximum absolute atomic E-state index is 14.0. The molecule has 2 heterocycles. The molecule has 0 aliphatic carbocycles. The molecule has 0 radical (unpaired) electrons. The maximum Gasteiger partial charge on any atom is 0.246 e. The molecule has 1 saturated heterocycles. The average molecular weight is 475 g/mol. The summed E-state index contributed by atoms with van der Waals surface area (Å²) in [6.45, 7) is 3.89. The summed E-state index contributed by atoms with van der Waals surface area (Å²) in [5, 5.41) is 7.41. The van der Waals surface area contributed by atoms with Crippen LogP contribution < -0.4 is 5.32 Å². The van der Waals surface area contributed by atoms with Crippen molar-refractivity contribution < 1.29 is 22.0 Å². The van der Waals surface area contributed by atoms with E-state index in [1.807, 2.05) is 38.1 Å². The van der Waals surface area contributed by atoms with Gasteiger partial charge in [-0.15, -0.1) is 0 Å². The normalized spacial score (nSPS) is 15.5. The molecular weight excluding hydrogens is 450 g/mol. The average Bonchev–Trinajstić information content (AvgIpc) is 3.13. The second-order valence-electron chi connectivity index (χ2n) is 8.10. The molecule has 174 valence electrons. The molecule has 7 nitrogen and oxygen atoms in total. The van der Waals surface area contributed by atoms with Crippen LogP contribution in [0.2, 0.25) is 0 Å². The van der Waals surface area contributed by atoms with Crippen LogP contribution in [0.5, 0.6) is 0 Å². The largest absolute Gasteiger partial charge is 0.324 e. The molecule has 1 N–H and O–H groups in total. The van der Waals surface area contributed by atoms with Crippen LogP contribution >= 0.6 is 0 Å². The molecule has 0 atom stereocenters. The van der Waals surface area contributed by atoms with Crippen molar-refractivity contribution in [2.75, 3.05) is 18.4 Å². The minimum Gasteiger partial charge on any atom is -0.324 e. The predicted molar refractivity (Wildman–Crippen MR) is 120 cm³/mol. The molecule has 0 saturated carbocycles. The van der Waals surface area contributed by atoms with Gasteiger partial charge in [-0.05, 0) is 63.1 Å². The standard InChI is InChI=1S/C23H24F2N4O3S/c1-15-13-16(2)29(27-15)21-6-4-3-5-20(21)26-23(30)17-9-11-28(12-10-17)33(31,32)22-14-18(24)7-8-19(22)25/h3-8,13-14,17H,9-12H2,1-2H3,(H,26,30). The van der Waals surface area contributed by atoms with E-state index in [0.29, 0.717) is 11.8 Å². The number of amides is 1. The van der Waals surface area contributed by atoms with E-state index in [1.54, 1.807) is 10.7 Å². The van der Waals surface area contributed by atoms with Gasteiger partial charge in [-0.1, -0.05) is 12.1 Å². The number of aromatic nitrogens is 2. The van der Waals surface area contributed by atoms with Crippen LogP contribution in [0.1, 0.15) is 24.2 Å². The number of para-hydroxylation sites is 2. The molecule has 3 aromatic rings. The van der Waals surface area contributed by atoms with Crippen molar-refractivity contribution in [3.05, 3.63) is 71.6 Å². The van der Waals surface area contributed by atoms with Gasteiger partial charge in [0.25, 0.3) is 0 Å². The topological polar surface area (TPSA) is 84.3 Å². The summed E-state index contributed by atoms with van der Waals surface area (Å²) >= 11 is 0. The molecule has 1 aliphatic rings. The van der Waals surface area contributed by atoms with Crippen molar-refractivity contribution in [2.24, 2.45) is 5.92 Å². The van der Waals surface area contributed by atoms with Gasteiger partial charge in [0.15, 0.2) is 0 Å². The number of benzene rings is 2. The third-order valence-electron chi connectivity index (χ3n) is 5.74. The van der Waals surface area contributed by atoms with Gasteiger partial charge in [0.1, 0.15) is 16.5 Å². The van der Waals surface area contributed by atoms with Crippen molar-refractivity contribution in [1.29, 1.82) is 0 Å². The Kier molecular flexibility index (Phi) is 6.31. The first kappa shape index (κ1) is 23.1. The summed E-state index contributed by atoms with van der Waals surface area (Å²) in [5.41, 5.74) is 3.12. The summed E-state index contributed by atoms with van der Waals surface area (Å²) in [5.74, 6) is -2.47. The van der Waals surface area contributed by atoms with E-state index in [-0.39, 0.29) is 31.8 Å². The van der Waals surface area contributed by atoms with Crippen molar-refractivity contribution in [2.45, 2.75) is 31.6 Å². The molecule has 1 fully saturated rings. The molecular formula is C23H24F2N4O3S. The zero-order chi connectivity index (χ0) is 23.8. The number of hydrogen-bond acceptors (Lipinski definition) is 4. The van der Waals surface area contributed by atoms with Gasteiger partial charge in [0.2, 0.25) is 15.9 Å². The van der Waals surface area contributed by atoms with Crippen molar-refractivity contribution in [3.63, 3.8) is 0 Å². The van der Waals surface area contributed by atoms with Crippen LogP contribution in [-0.2, 0) is 14.8 Å². The van der Waals surface area contributed by atoms with Crippen molar-refractivity contribution in [1.82, 2.24) is 14.1 Å². The summed E-state index contributed by atoms with van der Waals surface area (Å²) in [6, 6.07) is 11.6. The number of hydrogen-bond donors (Lipinski definition) is 1. The van der Waals surface area contributed by atoms with E-state index in [2.05, 4.69) is 10.4 Å². The molecule has 0 spiro atoms. The number of halogens is 2. The van der Waals surface area contributed by atoms with Crippen molar-refractivity contribution >= 4 is 21.6 Å². The van der Waals surface area contributed by atoms with Crippen LogP contribution in [0.4, 0.5) is 14.5 Å². The number of sulfonamides is 1. The first-order valence-corrected chi connectivity index (χ1v) is 12.0. The Hall–Kier alpha value is -3.11. The molecule has 0 unspecified atom stereocenters. The number of carbonyl (C=O) groups excluding carboxylic acids is 1. The van der Waals surface area contributed by atoms with Gasteiger partial charge >= 0.3 is 0 Å². The van der Waals surface area contributed by atoms with E-state index < -0.39 is 32.5 Å². The fourth-order valence-electron chi connectivity index (χ4n) is 4.04. The number of anilines is 1. The van der Waals surface area contributed by atoms with Gasteiger partial charge in [0.05, 0.1) is 17.1 Å². The summed E-state index contributed by atoms with van der Waals surface area (Å²) in [6.07, 6.45) is 0.536. The van der Waals surface area contributed by atoms with Gasteiger partial charge in [-0.25, -0.2) is 21.9 Å². The highest BCUT2D eigenvalue weighted by Gasteiger charge is 2.34. The van der Waals surface area contributed by atoms with Crippen LogP contribution in [0, 0.1) is 31.4 Å². The van der Waals surface area contributed by atoms with Crippen LogP contribution in [0.25, 0.3) is 5.69 Å². The Morgan fingerprint density at radius 1 is 1.06 bits per heavy atom. The Balaban J connectivity index is 1.46. The third kappa shape index (κ3) is 4.67. The predicted octanol–water partition coefficient (Wildman–Crippen LogP) is 3.81. The number of carbonyl (C=O) groups is 1. The Morgan fingerprint density at radius 3 is 2.42 bits per heavy atom. The van der Waals surface area contributed by atoms with E-state index in [1.165, 1.54) is 0 Å². The second-order valence-corrected chi connectivity index (χ2v) is 10.0. The zero-order valence-corrected chi connectivity index (χ0v) is 19.1. The molecule has 10 heteroatoms. The highest BCUT2D eigenvalue weighted by Crippen LogP contribution is 2.28. The summed E-state index contributed by atoms with van der Waals surface area (Å²) < 4.78 is 55.9. The Bertz CT molecular complexity index is 1300. The lowest BCUT2D eigenvalue weighted by atomic mass is 9.97. The monoisotopic (exact) mass is 474 g/mol. The van der Waals surface area contributed by atoms with Crippen LogP contribution in [-0.4, -0.2) is 41.5 Å². The number of aryl methyl sites for hydroxylation is 2. The van der Waals surface area contributed by atoms with Gasteiger partial charge in [-0.2, -0.15) is 9.40 Å². The lowest BCUT2D eigenvalue weighted by Crippen LogP contribution is -2.41. The second kappa shape index (κ2) is 9.03. The maximum atomic E-state index is 14.0. The van der Waals surface area contributed by atoms with E-state index in [9.17, 15) is 22.0 Å². The first-order valence-electron chi connectivity index (χ1n) is 10.6. The van der Waals surface area contributed by atoms with Gasteiger partial charge in [-0.3, -0.25) is 4.79 Å². The summed E-state index contributed by atoms with van der Waals surface area (Å²) in [4.78, 5) is 12.3. The molecule has 1 amide bonds. The van der Waals surface area contributed by atoms with Crippen LogP contribution in [0.3, 0.4) is 0 Å². The van der Waals surface area contributed by atoms with E-state index in [0.717, 1.165) is 33.5 Å². The molecule has 2 aromatic carbocycles. The van der Waals surface area contributed by atoms with E-state index in [4.69, 9.17) is 0 Å². The number of nitrogens with zero attached hydrogens (tertiary/aromatic N) is 3. The Labute approximate surface area is 191 Å². The SMILES string of the molecule is Cc1cc(C)n(-c2ccccc2NC(=O)C2CCN(S(=O)(=O)c3cc(F)ccc3F)CC2)n1. The fourth-order valence-corrected chi connectivity index (χ4v) is 5.59. The number of piperidine rings is 1. The molecule has 1 aliphatic heterocycles. The van der Waals surface area contributed by atoms with Gasteiger partial charge < -0.3 is 5.32 Å². The molecule has 0 bridgehead atoms. The lowest BCUT2D eigenvalue weighted by molar-refractivity contribution is -0.120. The van der Waals surface area contributed by atoms with Crippen molar-refractivity contribution in [3.8, 4) is 5.69 Å². The Morgan fingerprint density at radius 2 is 1.76 bits per heavy atom. The van der Waals surface area contributed by atoms with Crippen LogP contribution in [0.15, 0.2) is 53.4 Å². The lowest BCUT2D eigenvalue weighted by Gasteiger charge is -2.30. The minimum absolute atomic E-state index is 0.0372. The summed E-state index contributed by atoms with van der Waals surface area (Å²) in [7, 11) is -4.19.